The van der Waals surface area contributed by atoms with Gasteiger partial charge in [0, 0.05) is 28.8 Å². The molecule has 1 aliphatic rings. The van der Waals surface area contributed by atoms with Gasteiger partial charge >= 0.3 is 6.09 Å². The highest BCUT2D eigenvalue weighted by Gasteiger charge is 2.35. The van der Waals surface area contributed by atoms with E-state index in [4.69, 9.17) is 4.74 Å². The minimum atomic E-state index is -0.643. The summed E-state index contributed by atoms with van der Waals surface area (Å²) < 4.78 is 5.45. The lowest BCUT2D eigenvalue weighted by atomic mass is 9.97. The van der Waals surface area contributed by atoms with E-state index in [1.807, 2.05) is 30.3 Å². The third-order valence-corrected chi connectivity index (χ3v) is 3.95. The van der Waals surface area contributed by atoms with E-state index in [1.165, 1.54) is 17.0 Å². The summed E-state index contributed by atoms with van der Waals surface area (Å²) in [4.78, 5) is 24.7. The van der Waals surface area contributed by atoms with E-state index in [0.29, 0.717) is 17.8 Å². The highest BCUT2D eigenvalue weighted by Crippen LogP contribution is 2.35. The summed E-state index contributed by atoms with van der Waals surface area (Å²) in [7, 11) is 0. The highest BCUT2D eigenvalue weighted by molar-refractivity contribution is 5.90. The van der Waals surface area contributed by atoms with Gasteiger partial charge in [0.1, 0.15) is 5.60 Å². The fourth-order valence-corrected chi connectivity index (χ4v) is 2.72. The second-order valence-corrected chi connectivity index (χ2v) is 7.32. The zero-order chi connectivity index (χ0) is 20.3. The molecule has 1 amide bonds. The Balaban J connectivity index is 2.00. The van der Waals surface area contributed by atoms with Gasteiger partial charge in [-0.25, -0.2) is 4.79 Å². The van der Waals surface area contributed by atoms with Crippen LogP contribution in [0.3, 0.4) is 0 Å². The Morgan fingerprint density at radius 2 is 1.82 bits per heavy atom. The van der Waals surface area contributed by atoms with Crippen LogP contribution in [0.25, 0.3) is 5.70 Å². The number of hydrogen-bond acceptors (Lipinski definition) is 4. The molecule has 0 radical (unpaired) electrons. The standard InChI is InChI=1S/C22H20N2O4/c1-22(2,3)28-21(25)23-15-18(13-12-16-8-5-4-6-9-16)20(23)17-10-7-11-19(14-17)24(26)27/h4-11,14H,15H2,1-3H3. The Kier molecular flexibility index (Phi) is 5.18. The van der Waals surface area contributed by atoms with E-state index in [-0.39, 0.29) is 5.69 Å². The molecule has 0 saturated heterocycles. The number of nitro groups is 1. The van der Waals surface area contributed by atoms with Gasteiger partial charge in [-0.2, -0.15) is 0 Å². The number of hydrogen-bond donors (Lipinski definition) is 0. The minimum Gasteiger partial charge on any atom is -0.443 e. The van der Waals surface area contributed by atoms with Crippen LogP contribution in [0.1, 0.15) is 31.9 Å². The van der Waals surface area contributed by atoms with E-state index >= 15 is 0 Å². The molecule has 0 atom stereocenters. The molecule has 1 heterocycles. The molecule has 142 valence electrons. The molecule has 0 spiro atoms. The number of rotatable bonds is 2. The van der Waals surface area contributed by atoms with Crippen molar-refractivity contribution < 1.29 is 14.5 Å². The number of non-ortho nitro benzene ring substituents is 1. The zero-order valence-electron chi connectivity index (χ0n) is 15.9. The fourth-order valence-electron chi connectivity index (χ4n) is 2.72. The molecule has 0 aliphatic carbocycles. The van der Waals surface area contributed by atoms with Crippen molar-refractivity contribution in [3.8, 4) is 11.8 Å². The monoisotopic (exact) mass is 376 g/mol. The first-order valence-electron chi connectivity index (χ1n) is 8.80. The summed E-state index contributed by atoms with van der Waals surface area (Å²) in [5, 5.41) is 11.1. The van der Waals surface area contributed by atoms with Gasteiger partial charge in [-0.05, 0) is 32.9 Å². The van der Waals surface area contributed by atoms with Crippen molar-refractivity contribution >= 4 is 17.5 Å². The average molecular weight is 376 g/mol. The van der Waals surface area contributed by atoms with Crippen molar-refractivity contribution in [1.82, 2.24) is 4.90 Å². The van der Waals surface area contributed by atoms with Crippen molar-refractivity contribution in [2.75, 3.05) is 6.54 Å². The molecule has 0 aromatic heterocycles. The van der Waals surface area contributed by atoms with Crippen LogP contribution in [0, 0.1) is 22.0 Å². The van der Waals surface area contributed by atoms with Crippen LogP contribution in [0.15, 0.2) is 60.2 Å². The predicted molar refractivity (Wildman–Crippen MR) is 106 cm³/mol. The maximum Gasteiger partial charge on any atom is 0.415 e. The van der Waals surface area contributed by atoms with E-state index in [0.717, 1.165) is 11.1 Å². The van der Waals surface area contributed by atoms with Crippen LogP contribution >= 0.6 is 0 Å². The van der Waals surface area contributed by atoms with Crippen LogP contribution in [0.2, 0.25) is 0 Å². The predicted octanol–water partition coefficient (Wildman–Crippen LogP) is 4.61. The quantitative estimate of drug-likeness (QED) is 0.436. The smallest absolute Gasteiger partial charge is 0.415 e. The molecule has 0 bridgehead atoms. The molecule has 1 aliphatic heterocycles. The van der Waals surface area contributed by atoms with Gasteiger partial charge in [0.25, 0.3) is 5.69 Å². The number of amides is 1. The van der Waals surface area contributed by atoms with Gasteiger partial charge in [0.2, 0.25) is 0 Å². The van der Waals surface area contributed by atoms with Gasteiger partial charge in [-0.1, -0.05) is 42.2 Å². The number of nitro benzene ring substituents is 1. The van der Waals surface area contributed by atoms with E-state index in [2.05, 4.69) is 11.8 Å². The molecular formula is C22H20N2O4. The molecule has 0 fully saturated rings. The summed E-state index contributed by atoms with van der Waals surface area (Å²) in [5.74, 6) is 6.16. The summed E-state index contributed by atoms with van der Waals surface area (Å²) >= 11 is 0. The van der Waals surface area contributed by atoms with E-state index < -0.39 is 16.6 Å². The van der Waals surface area contributed by atoms with Crippen molar-refractivity contribution in [2.24, 2.45) is 0 Å². The van der Waals surface area contributed by atoms with Crippen molar-refractivity contribution in [2.45, 2.75) is 26.4 Å². The van der Waals surface area contributed by atoms with Crippen LogP contribution in [-0.4, -0.2) is 28.1 Å². The van der Waals surface area contributed by atoms with Crippen molar-refractivity contribution in [3.05, 3.63) is 81.4 Å². The number of nitrogens with zero attached hydrogens (tertiary/aromatic N) is 2. The topological polar surface area (TPSA) is 72.7 Å². The lowest BCUT2D eigenvalue weighted by molar-refractivity contribution is -0.384. The molecule has 0 unspecified atom stereocenters. The first-order chi connectivity index (χ1) is 13.2. The highest BCUT2D eigenvalue weighted by atomic mass is 16.6. The molecule has 6 heteroatoms. The van der Waals surface area contributed by atoms with Crippen LogP contribution in [0.4, 0.5) is 10.5 Å². The summed E-state index contributed by atoms with van der Waals surface area (Å²) in [5.41, 5.74) is 2.00. The van der Waals surface area contributed by atoms with Gasteiger partial charge < -0.3 is 4.74 Å². The molecular weight excluding hydrogens is 356 g/mol. The SMILES string of the molecule is CC(C)(C)OC(=O)N1CC(C#Cc2ccccc2)=C1c1cccc([N+](=O)[O-])c1. The maximum absolute atomic E-state index is 12.6. The van der Waals surface area contributed by atoms with Crippen LogP contribution < -0.4 is 0 Å². The second-order valence-electron chi connectivity index (χ2n) is 7.32. The third kappa shape index (κ3) is 4.38. The van der Waals surface area contributed by atoms with Gasteiger partial charge in [0.15, 0.2) is 0 Å². The van der Waals surface area contributed by atoms with E-state index in [9.17, 15) is 14.9 Å². The Hall–Kier alpha value is -3.59. The molecule has 28 heavy (non-hydrogen) atoms. The molecule has 0 N–H and O–H groups in total. The zero-order valence-corrected chi connectivity index (χ0v) is 15.9. The van der Waals surface area contributed by atoms with E-state index in [1.54, 1.807) is 32.9 Å². The molecule has 2 aromatic carbocycles. The number of carbonyl (C=O) groups excluding carboxylic acids is 1. The molecule has 2 aromatic rings. The summed E-state index contributed by atoms with van der Waals surface area (Å²) in [6.07, 6.45) is -0.501. The Morgan fingerprint density at radius 3 is 2.46 bits per heavy atom. The normalized spacial score (nSPS) is 13.3. The molecule has 0 saturated carbocycles. The Bertz CT molecular complexity index is 1010. The van der Waals surface area contributed by atoms with Crippen molar-refractivity contribution in [3.63, 3.8) is 0 Å². The van der Waals surface area contributed by atoms with Crippen molar-refractivity contribution in [1.29, 1.82) is 0 Å². The van der Waals surface area contributed by atoms with Gasteiger partial charge in [-0.3, -0.25) is 15.0 Å². The first kappa shape index (κ1) is 19.2. The third-order valence-electron chi connectivity index (χ3n) is 3.95. The number of ether oxygens (including phenoxy) is 1. The summed E-state index contributed by atoms with van der Waals surface area (Å²) in [6, 6.07) is 15.7. The maximum atomic E-state index is 12.6. The van der Waals surface area contributed by atoms with Crippen LogP contribution in [0.5, 0.6) is 0 Å². The average Bonchev–Trinajstić information content (AvgIpc) is 2.60. The Morgan fingerprint density at radius 1 is 1.11 bits per heavy atom. The number of carbonyl (C=O) groups is 1. The van der Waals surface area contributed by atoms with Crippen LogP contribution in [-0.2, 0) is 4.74 Å². The van der Waals surface area contributed by atoms with Gasteiger partial charge in [-0.15, -0.1) is 0 Å². The lowest BCUT2D eigenvalue weighted by Gasteiger charge is -2.36. The second kappa shape index (κ2) is 7.57. The number of benzene rings is 2. The Labute approximate surface area is 163 Å². The lowest BCUT2D eigenvalue weighted by Crippen LogP contribution is -2.43. The fraction of sp³-hybridized carbons (Fsp3) is 0.227. The molecule has 6 nitrogen and oxygen atoms in total. The summed E-state index contributed by atoms with van der Waals surface area (Å²) in [6.45, 7) is 5.67. The largest absolute Gasteiger partial charge is 0.443 e. The first-order valence-corrected chi connectivity index (χ1v) is 8.80. The molecule has 3 rings (SSSR count). The minimum absolute atomic E-state index is 0.0450. The van der Waals surface area contributed by atoms with Gasteiger partial charge in [0.05, 0.1) is 17.2 Å².